The van der Waals surface area contributed by atoms with Crippen LogP contribution in [0.5, 0.6) is 11.5 Å². The van der Waals surface area contributed by atoms with E-state index in [4.69, 9.17) is 9.47 Å². The van der Waals surface area contributed by atoms with Crippen molar-refractivity contribution in [1.82, 2.24) is 10.2 Å². The van der Waals surface area contributed by atoms with Gasteiger partial charge in [0.2, 0.25) is 0 Å². The molecule has 1 saturated heterocycles. The van der Waals surface area contributed by atoms with Gasteiger partial charge >= 0.3 is 11.8 Å². The molecule has 2 amide bonds. The molecule has 2 aromatic carbocycles. The number of benzene rings is 2. The van der Waals surface area contributed by atoms with E-state index >= 15 is 0 Å². The molecule has 1 N–H and O–H groups in total. The van der Waals surface area contributed by atoms with Crippen molar-refractivity contribution in [1.29, 1.82) is 0 Å². The molecule has 154 valence electrons. The van der Waals surface area contributed by atoms with Crippen LogP contribution < -0.4 is 19.7 Å². The third-order valence-electron chi connectivity index (χ3n) is 5.06. The molecule has 1 aliphatic heterocycles. The molecule has 29 heavy (non-hydrogen) atoms. The van der Waals surface area contributed by atoms with Crippen LogP contribution in [-0.4, -0.2) is 63.7 Å². The Morgan fingerprint density at radius 1 is 0.862 bits per heavy atom. The molecule has 7 heteroatoms. The van der Waals surface area contributed by atoms with Crippen molar-refractivity contribution in [3.63, 3.8) is 0 Å². The summed E-state index contributed by atoms with van der Waals surface area (Å²) in [6, 6.07) is 15.5. The lowest BCUT2D eigenvalue weighted by Crippen LogP contribution is -2.52. The molecule has 0 spiro atoms. The highest BCUT2D eigenvalue weighted by molar-refractivity contribution is 6.35. The molecule has 0 unspecified atom stereocenters. The van der Waals surface area contributed by atoms with Crippen molar-refractivity contribution < 1.29 is 19.1 Å². The van der Waals surface area contributed by atoms with Gasteiger partial charge in [-0.2, -0.15) is 0 Å². The SMILES string of the molecule is COc1ccc(CCNC(=O)C(=O)N2CCN(c3ccc(OC)cc3)CC2)cc1. The van der Waals surface area contributed by atoms with Gasteiger partial charge in [0.05, 0.1) is 14.2 Å². The molecule has 0 saturated carbocycles. The summed E-state index contributed by atoms with van der Waals surface area (Å²) in [6.45, 7) is 2.85. The summed E-state index contributed by atoms with van der Waals surface area (Å²) in [5.74, 6) is 0.598. The van der Waals surface area contributed by atoms with E-state index in [0.29, 0.717) is 39.1 Å². The fraction of sp³-hybridized carbons (Fsp3) is 0.364. The second-order valence-electron chi connectivity index (χ2n) is 6.83. The molecular weight excluding hydrogens is 370 g/mol. The van der Waals surface area contributed by atoms with Gasteiger partial charge < -0.3 is 24.6 Å². The zero-order valence-corrected chi connectivity index (χ0v) is 16.9. The maximum absolute atomic E-state index is 12.4. The Morgan fingerprint density at radius 3 is 1.97 bits per heavy atom. The fourth-order valence-corrected chi connectivity index (χ4v) is 3.29. The number of nitrogens with one attached hydrogen (secondary N) is 1. The van der Waals surface area contributed by atoms with Gasteiger partial charge in [-0.25, -0.2) is 0 Å². The molecule has 1 aliphatic rings. The maximum Gasteiger partial charge on any atom is 0.312 e. The lowest BCUT2D eigenvalue weighted by Gasteiger charge is -2.35. The van der Waals surface area contributed by atoms with Crippen LogP contribution in [0.3, 0.4) is 0 Å². The highest BCUT2D eigenvalue weighted by Gasteiger charge is 2.25. The minimum Gasteiger partial charge on any atom is -0.497 e. The summed E-state index contributed by atoms with van der Waals surface area (Å²) in [4.78, 5) is 28.4. The predicted molar refractivity (Wildman–Crippen MR) is 111 cm³/mol. The Balaban J connectivity index is 1.42. The van der Waals surface area contributed by atoms with Gasteiger partial charge in [0.25, 0.3) is 0 Å². The number of hydrogen-bond acceptors (Lipinski definition) is 5. The monoisotopic (exact) mass is 397 g/mol. The molecule has 1 fully saturated rings. The van der Waals surface area contributed by atoms with E-state index in [-0.39, 0.29) is 0 Å². The van der Waals surface area contributed by atoms with E-state index in [9.17, 15) is 9.59 Å². The van der Waals surface area contributed by atoms with Crippen molar-refractivity contribution in [2.24, 2.45) is 0 Å². The third-order valence-corrected chi connectivity index (χ3v) is 5.06. The molecule has 2 aromatic rings. The molecule has 1 heterocycles. The summed E-state index contributed by atoms with van der Waals surface area (Å²) in [7, 11) is 3.26. The summed E-state index contributed by atoms with van der Waals surface area (Å²) in [6.07, 6.45) is 0.661. The first-order chi connectivity index (χ1) is 14.1. The van der Waals surface area contributed by atoms with Crippen LogP contribution in [0.15, 0.2) is 48.5 Å². The van der Waals surface area contributed by atoms with E-state index in [1.807, 2.05) is 48.5 Å². The first-order valence-electron chi connectivity index (χ1n) is 9.69. The topological polar surface area (TPSA) is 71.1 Å². The zero-order valence-electron chi connectivity index (χ0n) is 16.9. The van der Waals surface area contributed by atoms with Gasteiger partial charge in [-0.15, -0.1) is 0 Å². The first kappa shape index (κ1) is 20.5. The quantitative estimate of drug-likeness (QED) is 0.752. The van der Waals surface area contributed by atoms with Crippen LogP contribution in [-0.2, 0) is 16.0 Å². The van der Waals surface area contributed by atoms with Crippen molar-refractivity contribution in [2.45, 2.75) is 6.42 Å². The van der Waals surface area contributed by atoms with E-state index in [1.54, 1.807) is 19.1 Å². The normalized spacial score (nSPS) is 13.7. The van der Waals surface area contributed by atoms with Gasteiger partial charge in [0, 0.05) is 38.4 Å². The van der Waals surface area contributed by atoms with Crippen LogP contribution in [0.1, 0.15) is 5.56 Å². The first-order valence-corrected chi connectivity index (χ1v) is 9.69. The summed E-state index contributed by atoms with van der Waals surface area (Å²) in [5.41, 5.74) is 2.16. The van der Waals surface area contributed by atoms with E-state index in [1.165, 1.54) is 0 Å². The summed E-state index contributed by atoms with van der Waals surface area (Å²) >= 11 is 0. The third kappa shape index (κ3) is 5.40. The highest BCUT2D eigenvalue weighted by Crippen LogP contribution is 2.20. The van der Waals surface area contributed by atoms with Crippen LogP contribution in [0.25, 0.3) is 0 Å². The van der Waals surface area contributed by atoms with Gasteiger partial charge in [-0.3, -0.25) is 9.59 Å². The van der Waals surface area contributed by atoms with Crippen molar-refractivity contribution in [3.8, 4) is 11.5 Å². The minimum atomic E-state index is -0.545. The highest BCUT2D eigenvalue weighted by atomic mass is 16.5. The lowest BCUT2D eigenvalue weighted by atomic mass is 10.1. The van der Waals surface area contributed by atoms with Crippen molar-refractivity contribution >= 4 is 17.5 Å². The molecule has 0 aromatic heterocycles. The minimum absolute atomic E-state index is 0.419. The molecule has 0 bridgehead atoms. The molecular formula is C22H27N3O4. The molecule has 3 rings (SSSR count). The Hall–Kier alpha value is -3.22. The van der Waals surface area contributed by atoms with Gasteiger partial charge in [0.1, 0.15) is 11.5 Å². The smallest absolute Gasteiger partial charge is 0.312 e. The number of anilines is 1. The molecule has 7 nitrogen and oxygen atoms in total. The Kier molecular flexibility index (Phi) is 6.94. The fourth-order valence-electron chi connectivity index (χ4n) is 3.29. The van der Waals surface area contributed by atoms with Crippen LogP contribution in [0.4, 0.5) is 5.69 Å². The van der Waals surface area contributed by atoms with E-state index in [0.717, 1.165) is 22.7 Å². The lowest BCUT2D eigenvalue weighted by molar-refractivity contribution is -0.146. The molecule has 0 radical (unpaired) electrons. The Morgan fingerprint density at radius 2 is 1.41 bits per heavy atom. The average Bonchev–Trinajstić information content (AvgIpc) is 2.79. The molecule has 0 atom stereocenters. The number of nitrogens with zero attached hydrogens (tertiary/aromatic N) is 2. The number of piperazine rings is 1. The van der Waals surface area contributed by atoms with Crippen LogP contribution in [0, 0.1) is 0 Å². The van der Waals surface area contributed by atoms with Crippen LogP contribution >= 0.6 is 0 Å². The number of ether oxygens (including phenoxy) is 2. The van der Waals surface area contributed by atoms with Gasteiger partial charge in [-0.1, -0.05) is 12.1 Å². The zero-order chi connectivity index (χ0) is 20.6. The second-order valence-corrected chi connectivity index (χ2v) is 6.83. The van der Waals surface area contributed by atoms with E-state index in [2.05, 4.69) is 10.2 Å². The average molecular weight is 397 g/mol. The number of methoxy groups -OCH3 is 2. The van der Waals surface area contributed by atoms with Gasteiger partial charge in [-0.05, 0) is 48.4 Å². The Bertz CT molecular complexity index is 813. The maximum atomic E-state index is 12.4. The summed E-state index contributed by atoms with van der Waals surface area (Å²) in [5, 5.41) is 2.72. The number of amides is 2. The van der Waals surface area contributed by atoms with Crippen LogP contribution in [0.2, 0.25) is 0 Å². The molecule has 0 aliphatic carbocycles. The number of rotatable bonds is 6. The number of carbonyl (C=O) groups is 2. The summed E-state index contributed by atoms with van der Waals surface area (Å²) < 4.78 is 10.3. The van der Waals surface area contributed by atoms with E-state index < -0.39 is 11.8 Å². The predicted octanol–water partition coefficient (Wildman–Crippen LogP) is 1.71. The number of hydrogen-bond donors (Lipinski definition) is 1. The van der Waals surface area contributed by atoms with Crippen molar-refractivity contribution in [2.75, 3.05) is 51.8 Å². The van der Waals surface area contributed by atoms with Gasteiger partial charge in [0.15, 0.2) is 0 Å². The Labute approximate surface area is 171 Å². The second kappa shape index (κ2) is 9.82. The number of carbonyl (C=O) groups excluding carboxylic acids is 2. The largest absolute Gasteiger partial charge is 0.497 e. The standard InChI is InChI=1S/C22H27N3O4/c1-28-19-7-3-17(4-8-19)11-12-23-21(26)22(27)25-15-13-24(14-16-25)18-5-9-20(29-2)10-6-18/h3-10H,11-16H2,1-2H3,(H,23,26). The van der Waals surface area contributed by atoms with Crippen molar-refractivity contribution in [3.05, 3.63) is 54.1 Å².